The molecule has 1 N–H and O–H groups in total. The summed E-state index contributed by atoms with van der Waals surface area (Å²) >= 11 is 0. The first kappa shape index (κ1) is 11.0. The number of aromatic nitrogens is 2. The van der Waals surface area contributed by atoms with E-state index >= 15 is 0 Å². The van der Waals surface area contributed by atoms with Gasteiger partial charge in [0.2, 0.25) is 0 Å². The van der Waals surface area contributed by atoms with Crippen LogP contribution in [-0.2, 0) is 0 Å². The smallest absolute Gasteiger partial charge is 0.269 e. The molecule has 1 aromatic heterocycles. The summed E-state index contributed by atoms with van der Waals surface area (Å²) < 4.78 is 0. The average Bonchev–Trinajstić information content (AvgIpc) is 2.39. The van der Waals surface area contributed by atoms with Gasteiger partial charge in [0, 0.05) is 37.1 Å². The predicted octanol–water partition coefficient (Wildman–Crippen LogP) is 2.09. The Morgan fingerprint density at radius 2 is 1.82 bits per heavy atom. The van der Waals surface area contributed by atoms with Crippen LogP contribution in [0.3, 0.4) is 0 Å². The minimum Gasteiger partial charge on any atom is -0.371 e. The van der Waals surface area contributed by atoms with Crippen molar-refractivity contribution in [1.29, 1.82) is 0 Å². The van der Waals surface area contributed by atoms with Gasteiger partial charge in [-0.3, -0.25) is 15.1 Å². The molecule has 2 rings (SSSR count). The zero-order valence-electron chi connectivity index (χ0n) is 9.12. The van der Waals surface area contributed by atoms with Crippen LogP contribution in [0.15, 0.2) is 36.7 Å². The van der Waals surface area contributed by atoms with Gasteiger partial charge in [-0.25, -0.2) is 4.98 Å². The summed E-state index contributed by atoms with van der Waals surface area (Å²) in [4.78, 5) is 18.4. The number of nitrogens with zero attached hydrogens (tertiary/aromatic N) is 3. The van der Waals surface area contributed by atoms with E-state index in [2.05, 4.69) is 15.3 Å². The van der Waals surface area contributed by atoms with Gasteiger partial charge >= 0.3 is 0 Å². The van der Waals surface area contributed by atoms with Crippen LogP contribution in [-0.4, -0.2) is 21.9 Å². The lowest BCUT2D eigenvalue weighted by Gasteiger charge is -2.05. The predicted molar refractivity (Wildman–Crippen MR) is 63.7 cm³/mol. The largest absolute Gasteiger partial charge is 0.371 e. The molecule has 6 nitrogen and oxygen atoms in total. The minimum absolute atomic E-state index is 0.0589. The molecule has 0 aliphatic rings. The second-order valence-electron chi connectivity index (χ2n) is 3.31. The molecule has 1 heterocycles. The lowest BCUT2D eigenvalue weighted by atomic mass is 10.1. The fourth-order valence-electron chi connectivity index (χ4n) is 1.47. The highest BCUT2D eigenvalue weighted by Crippen LogP contribution is 2.24. The van der Waals surface area contributed by atoms with Crippen LogP contribution in [0.25, 0.3) is 11.3 Å². The van der Waals surface area contributed by atoms with Gasteiger partial charge in [-0.1, -0.05) is 0 Å². The molecular weight excluding hydrogens is 220 g/mol. The van der Waals surface area contributed by atoms with Crippen molar-refractivity contribution in [1.82, 2.24) is 9.97 Å². The Labute approximate surface area is 97.5 Å². The molecule has 0 bridgehead atoms. The highest BCUT2D eigenvalue weighted by Gasteiger charge is 2.09. The maximum atomic E-state index is 10.5. The molecule has 0 aliphatic carbocycles. The molecule has 17 heavy (non-hydrogen) atoms. The summed E-state index contributed by atoms with van der Waals surface area (Å²) in [5, 5.41) is 13.5. The fraction of sp³-hybridized carbons (Fsp3) is 0.0909. The van der Waals surface area contributed by atoms with E-state index in [4.69, 9.17) is 0 Å². The molecule has 0 saturated carbocycles. The molecule has 0 spiro atoms. The van der Waals surface area contributed by atoms with Crippen LogP contribution in [0, 0.1) is 10.1 Å². The summed E-state index contributed by atoms with van der Waals surface area (Å²) in [5.41, 5.74) is 1.52. The maximum absolute atomic E-state index is 10.5. The van der Waals surface area contributed by atoms with Crippen molar-refractivity contribution in [2.75, 3.05) is 12.4 Å². The molecule has 2 aromatic rings. The molecule has 1 aromatic carbocycles. The molecule has 0 atom stereocenters. The molecule has 0 aliphatic heterocycles. The number of anilines is 1. The number of hydrogen-bond acceptors (Lipinski definition) is 5. The second kappa shape index (κ2) is 4.56. The van der Waals surface area contributed by atoms with Crippen molar-refractivity contribution in [3.8, 4) is 11.3 Å². The number of hydrogen-bond donors (Lipinski definition) is 1. The monoisotopic (exact) mass is 230 g/mol. The molecule has 0 amide bonds. The van der Waals surface area contributed by atoms with Crippen LogP contribution in [0.4, 0.5) is 11.5 Å². The quantitative estimate of drug-likeness (QED) is 0.645. The van der Waals surface area contributed by atoms with Crippen LogP contribution in [0.5, 0.6) is 0 Å². The molecule has 86 valence electrons. The number of nitrogens with one attached hydrogen (secondary N) is 1. The van der Waals surface area contributed by atoms with Gasteiger partial charge in [0.25, 0.3) is 5.69 Å². The topological polar surface area (TPSA) is 81.0 Å². The third kappa shape index (κ3) is 2.20. The van der Waals surface area contributed by atoms with Gasteiger partial charge in [0.15, 0.2) is 5.82 Å². The third-order valence-electron chi connectivity index (χ3n) is 2.29. The van der Waals surface area contributed by atoms with Gasteiger partial charge in [0.1, 0.15) is 5.69 Å². The standard InChI is InChI=1S/C11H10N4O2/c1-12-11-10(13-6-7-14-11)8-2-4-9(5-3-8)15(16)17/h2-7H,1H3,(H,12,14). The Kier molecular flexibility index (Phi) is 2.95. The Morgan fingerprint density at radius 1 is 1.18 bits per heavy atom. The van der Waals surface area contributed by atoms with E-state index in [1.165, 1.54) is 12.1 Å². The van der Waals surface area contributed by atoms with Crippen LogP contribution in [0.2, 0.25) is 0 Å². The Morgan fingerprint density at radius 3 is 2.41 bits per heavy atom. The number of nitro benzene ring substituents is 1. The van der Waals surface area contributed by atoms with Gasteiger partial charge < -0.3 is 5.32 Å². The number of rotatable bonds is 3. The zero-order valence-corrected chi connectivity index (χ0v) is 9.12. The summed E-state index contributed by atoms with van der Waals surface area (Å²) in [6.45, 7) is 0. The van der Waals surface area contributed by atoms with E-state index in [0.29, 0.717) is 11.5 Å². The summed E-state index contributed by atoms with van der Waals surface area (Å²) in [7, 11) is 1.75. The summed E-state index contributed by atoms with van der Waals surface area (Å²) in [6, 6.07) is 6.21. The van der Waals surface area contributed by atoms with Crippen molar-refractivity contribution in [2.45, 2.75) is 0 Å². The van der Waals surface area contributed by atoms with Gasteiger partial charge in [-0.05, 0) is 12.1 Å². The van der Waals surface area contributed by atoms with Crippen LogP contribution < -0.4 is 5.32 Å². The van der Waals surface area contributed by atoms with E-state index < -0.39 is 4.92 Å². The van der Waals surface area contributed by atoms with Crippen LogP contribution >= 0.6 is 0 Å². The highest BCUT2D eigenvalue weighted by atomic mass is 16.6. The van der Waals surface area contributed by atoms with Gasteiger partial charge in [-0.15, -0.1) is 0 Å². The van der Waals surface area contributed by atoms with E-state index in [0.717, 1.165) is 5.56 Å². The van der Waals surface area contributed by atoms with Crippen LogP contribution in [0.1, 0.15) is 0 Å². The van der Waals surface area contributed by atoms with E-state index in [-0.39, 0.29) is 5.69 Å². The lowest BCUT2D eigenvalue weighted by molar-refractivity contribution is -0.384. The van der Waals surface area contributed by atoms with Crippen molar-refractivity contribution in [3.63, 3.8) is 0 Å². The first-order chi connectivity index (χ1) is 8.22. The zero-order chi connectivity index (χ0) is 12.3. The van der Waals surface area contributed by atoms with Crippen molar-refractivity contribution < 1.29 is 4.92 Å². The van der Waals surface area contributed by atoms with E-state index in [1.54, 1.807) is 31.6 Å². The molecule has 0 fully saturated rings. The Balaban J connectivity index is 2.43. The van der Waals surface area contributed by atoms with Crippen molar-refractivity contribution in [2.24, 2.45) is 0 Å². The Hall–Kier alpha value is -2.50. The summed E-state index contributed by atoms with van der Waals surface area (Å²) in [6.07, 6.45) is 3.16. The molecular formula is C11H10N4O2. The molecule has 0 radical (unpaired) electrons. The first-order valence-corrected chi connectivity index (χ1v) is 4.96. The first-order valence-electron chi connectivity index (χ1n) is 4.96. The van der Waals surface area contributed by atoms with Gasteiger partial charge in [0.05, 0.1) is 4.92 Å². The second-order valence-corrected chi connectivity index (χ2v) is 3.31. The van der Waals surface area contributed by atoms with Gasteiger partial charge in [-0.2, -0.15) is 0 Å². The number of nitro groups is 1. The van der Waals surface area contributed by atoms with Crippen molar-refractivity contribution in [3.05, 3.63) is 46.8 Å². The molecule has 0 saturated heterocycles. The molecule has 0 unspecified atom stereocenters. The molecule has 6 heteroatoms. The average molecular weight is 230 g/mol. The van der Waals surface area contributed by atoms with E-state index in [1.807, 2.05) is 0 Å². The Bertz CT molecular complexity index is 539. The summed E-state index contributed by atoms with van der Waals surface area (Å²) in [5.74, 6) is 0.640. The lowest BCUT2D eigenvalue weighted by Crippen LogP contribution is -1.97. The fourth-order valence-corrected chi connectivity index (χ4v) is 1.47. The normalized spacial score (nSPS) is 9.94. The third-order valence-corrected chi connectivity index (χ3v) is 2.29. The minimum atomic E-state index is -0.431. The number of benzene rings is 1. The highest BCUT2D eigenvalue weighted by molar-refractivity contribution is 5.71. The van der Waals surface area contributed by atoms with Crippen molar-refractivity contribution >= 4 is 11.5 Å². The maximum Gasteiger partial charge on any atom is 0.269 e. The number of non-ortho nitro benzene ring substituents is 1. The van der Waals surface area contributed by atoms with E-state index in [9.17, 15) is 10.1 Å². The SMILES string of the molecule is CNc1nccnc1-c1ccc([N+](=O)[O-])cc1.